The van der Waals surface area contributed by atoms with Crippen molar-refractivity contribution in [1.82, 2.24) is 0 Å². The third kappa shape index (κ3) is 1.68. The minimum absolute atomic E-state index is 0.754. The molecule has 0 fully saturated rings. The normalized spacial score (nSPS) is 13.9. The molecular formula is C11H15NO. The SMILES string of the molecule is NCCCc1cccc2c1OCC2. The smallest absolute Gasteiger partial charge is 0.125 e. The standard InChI is InChI=1S/C11H15NO/c12-7-2-5-9-3-1-4-10-6-8-13-11(9)10/h1,3-4H,2,5-8,12H2. The average molecular weight is 177 g/mol. The van der Waals surface area contributed by atoms with E-state index < -0.39 is 0 Å². The molecule has 2 rings (SSSR count). The molecule has 0 radical (unpaired) electrons. The van der Waals surface area contributed by atoms with Crippen molar-refractivity contribution < 1.29 is 4.74 Å². The summed E-state index contributed by atoms with van der Waals surface area (Å²) in [6.07, 6.45) is 3.14. The van der Waals surface area contributed by atoms with Crippen molar-refractivity contribution in [2.75, 3.05) is 13.2 Å². The molecule has 1 aliphatic heterocycles. The zero-order valence-electron chi connectivity index (χ0n) is 7.75. The van der Waals surface area contributed by atoms with Crippen molar-refractivity contribution in [3.63, 3.8) is 0 Å². The Morgan fingerprint density at radius 1 is 1.38 bits per heavy atom. The number of aryl methyl sites for hydroxylation is 1. The van der Waals surface area contributed by atoms with Crippen LogP contribution in [0, 0.1) is 0 Å². The Morgan fingerprint density at radius 2 is 2.31 bits per heavy atom. The van der Waals surface area contributed by atoms with E-state index in [-0.39, 0.29) is 0 Å². The van der Waals surface area contributed by atoms with Crippen LogP contribution in [-0.2, 0) is 12.8 Å². The number of hydrogen-bond donors (Lipinski definition) is 1. The summed E-state index contributed by atoms with van der Waals surface area (Å²) in [6, 6.07) is 6.40. The van der Waals surface area contributed by atoms with Gasteiger partial charge in [0.1, 0.15) is 5.75 Å². The minimum atomic E-state index is 0.754. The predicted octanol–water partition coefficient (Wildman–Crippen LogP) is 1.51. The Kier molecular flexibility index (Phi) is 2.50. The van der Waals surface area contributed by atoms with Crippen LogP contribution in [0.1, 0.15) is 17.5 Å². The lowest BCUT2D eigenvalue weighted by Gasteiger charge is -2.06. The van der Waals surface area contributed by atoms with E-state index in [1.807, 2.05) is 0 Å². The van der Waals surface area contributed by atoms with Crippen LogP contribution in [0.4, 0.5) is 0 Å². The van der Waals surface area contributed by atoms with Gasteiger partial charge in [-0.2, -0.15) is 0 Å². The fourth-order valence-corrected chi connectivity index (χ4v) is 1.77. The Labute approximate surface area is 78.7 Å². The fraction of sp³-hybridized carbons (Fsp3) is 0.455. The number of rotatable bonds is 3. The molecule has 1 aliphatic rings. The quantitative estimate of drug-likeness (QED) is 0.759. The Balaban J connectivity index is 2.20. The molecule has 13 heavy (non-hydrogen) atoms. The highest BCUT2D eigenvalue weighted by Crippen LogP contribution is 2.29. The van der Waals surface area contributed by atoms with Crippen LogP contribution in [0.5, 0.6) is 5.75 Å². The molecule has 0 spiro atoms. The lowest BCUT2D eigenvalue weighted by Crippen LogP contribution is -2.01. The van der Waals surface area contributed by atoms with E-state index in [4.69, 9.17) is 10.5 Å². The van der Waals surface area contributed by atoms with Crippen molar-refractivity contribution >= 4 is 0 Å². The lowest BCUT2D eigenvalue weighted by atomic mass is 10.0. The summed E-state index contributed by atoms with van der Waals surface area (Å²) in [7, 11) is 0. The van der Waals surface area contributed by atoms with Gasteiger partial charge in [-0.15, -0.1) is 0 Å². The first-order valence-electron chi connectivity index (χ1n) is 4.85. The van der Waals surface area contributed by atoms with Crippen molar-refractivity contribution in [2.45, 2.75) is 19.3 Å². The van der Waals surface area contributed by atoms with Gasteiger partial charge in [-0.05, 0) is 30.5 Å². The van der Waals surface area contributed by atoms with Gasteiger partial charge in [0.15, 0.2) is 0 Å². The van der Waals surface area contributed by atoms with E-state index in [0.717, 1.165) is 38.2 Å². The monoisotopic (exact) mass is 177 g/mol. The molecule has 2 N–H and O–H groups in total. The predicted molar refractivity (Wildman–Crippen MR) is 53.0 cm³/mol. The molecule has 0 saturated carbocycles. The van der Waals surface area contributed by atoms with Gasteiger partial charge >= 0.3 is 0 Å². The second kappa shape index (κ2) is 3.79. The number of nitrogens with two attached hydrogens (primary N) is 1. The van der Waals surface area contributed by atoms with Crippen LogP contribution in [0.2, 0.25) is 0 Å². The maximum Gasteiger partial charge on any atom is 0.125 e. The van der Waals surface area contributed by atoms with Gasteiger partial charge in [0.2, 0.25) is 0 Å². The molecule has 1 aromatic rings. The van der Waals surface area contributed by atoms with E-state index in [0.29, 0.717) is 0 Å². The summed E-state index contributed by atoms with van der Waals surface area (Å²) < 4.78 is 5.59. The summed E-state index contributed by atoms with van der Waals surface area (Å²) in [5.41, 5.74) is 8.16. The maximum atomic E-state index is 5.59. The molecule has 0 saturated heterocycles. The second-order valence-corrected chi connectivity index (χ2v) is 3.40. The first-order chi connectivity index (χ1) is 6.42. The summed E-state index contributed by atoms with van der Waals surface area (Å²) in [6.45, 7) is 1.60. The summed E-state index contributed by atoms with van der Waals surface area (Å²) in [5, 5.41) is 0. The fourth-order valence-electron chi connectivity index (χ4n) is 1.77. The highest BCUT2D eigenvalue weighted by atomic mass is 16.5. The maximum absolute atomic E-state index is 5.59. The van der Waals surface area contributed by atoms with Gasteiger partial charge < -0.3 is 10.5 Å². The Hall–Kier alpha value is -1.02. The van der Waals surface area contributed by atoms with Crippen molar-refractivity contribution in [3.05, 3.63) is 29.3 Å². The molecule has 0 unspecified atom stereocenters. The Bertz CT molecular complexity index is 296. The molecule has 1 aromatic carbocycles. The second-order valence-electron chi connectivity index (χ2n) is 3.40. The third-order valence-corrected chi connectivity index (χ3v) is 2.45. The molecule has 0 atom stereocenters. The van der Waals surface area contributed by atoms with Gasteiger partial charge in [0, 0.05) is 6.42 Å². The Morgan fingerprint density at radius 3 is 3.15 bits per heavy atom. The number of benzene rings is 1. The van der Waals surface area contributed by atoms with Gasteiger partial charge in [0.05, 0.1) is 6.61 Å². The number of hydrogen-bond acceptors (Lipinski definition) is 2. The molecule has 70 valence electrons. The highest BCUT2D eigenvalue weighted by Gasteiger charge is 2.14. The van der Waals surface area contributed by atoms with Crippen LogP contribution >= 0.6 is 0 Å². The van der Waals surface area contributed by atoms with E-state index in [1.54, 1.807) is 0 Å². The molecule has 2 heteroatoms. The van der Waals surface area contributed by atoms with Crippen molar-refractivity contribution in [1.29, 1.82) is 0 Å². The zero-order valence-corrected chi connectivity index (χ0v) is 7.75. The van der Waals surface area contributed by atoms with Crippen LogP contribution < -0.4 is 10.5 Å². The van der Waals surface area contributed by atoms with Crippen LogP contribution in [0.15, 0.2) is 18.2 Å². The molecule has 1 heterocycles. The van der Waals surface area contributed by atoms with Crippen LogP contribution in [0.3, 0.4) is 0 Å². The van der Waals surface area contributed by atoms with Crippen molar-refractivity contribution in [3.8, 4) is 5.75 Å². The number of para-hydroxylation sites is 1. The first kappa shape index (κ1) is 8.57. The van der Waals surface area contributed by atoms with Gasteiger partial charge in [-0.1, -0.05) is 18.2 Å². The van der Waals surface area contributed by atoms with E-state index >= 15 is 0 Å². The van der Waals surface area contributed by atoms with Crippen LogP contribution in [0.25, 0.3) is 0 Å². The molecular weight excluding hydrogens is 162 g/mol. The summed E-state index contributed by atoms with van der Waals surface area (Å²) >= 11 is 0. The minimum Gasteiger partial charge on any atom is -0.493 e. The van der Waals surface area contributed by atoms with Gasteiger partial charge in [0.25, 0.3) is 0 Å². The van der Waals surface area contributed by atoms with E-state index in [9.17, 15) is 0 Å². The third-order valence-electron chi connectivity index (χ3n) is 2.45. The highest BCUT2D eigenvalue weighted by molar-refractivity contribution is 5.43. The molecule has 2 nitrogen and oxygen atoms in total. The lowest BCUT2D eigenvalue weighted by molar-refractivity contribution is 0.353. The van der Waals surface area contributed by atoms with Crippen molar-refractivity contribution in [2.24, 2.45) is 5.73 Å². The molecule has 0 amide bonds. The summed E-state index contributed by atoms with van der Waals surface area (Å²) in [4.78, 5) is 0. The molecule has 0 bridgehead atoms. The average Bonchev–Trinajstić information content (AvgIpc) is 2.62. The largest absolute Gasteiger partial charge is 0.493 e. The number of ether oxygens (including phenoxy) is 1. The molecule has 0 aromatic heterocycles. The van der Waals surface area contributed by atoms with E-state index in [2.05, 4.69) is 18.2 Å². The first-order valence-corrected chi connectivity index (χ1v) is 4.85. The summed E-state index contributed by atoms with van der Waals surface area (Å²) in [5.74, 6) is 1.12. The topological polar surface area (TPSA) is 35.2 Å². The van der Waals surface area contributed by atoms with Gasteiger partial charge in [-0.25, -0.2) is 0 Å². The molecule has 0 aliphatic carbocycles. The number of fused-ring (bicyclic) bond motifs is 1. The van der Waals surface area contributed by atoms with Crippen LogP contribution in [-0.4, -0.2) is 13.2 Å². The van der Waals surface area contributed by atoms with Gasteiger partial charge in [-0.3, -0.25) is 0 Å². The van der Waals surface area contributed by atoms with E-state index in [1.165, 1.54) is 11.1 Å². The zero-order chi connectivity index (χ0) is 9.10.